The maximum atomic E-state index is 11.4. The van der Waals surface area contributed by atoms with Crippen LogP contribution in [0.5, 0.6) is 0 Å². The first-order valence-electron chi connectivity index (χ1n) is 6.10. The number of hydrogen-bond donors (Lipinski definition) is 2. The van der Waals surface area contributed by atoms with Crippen LogP contribution in [0.15, 0.2) is 30.6 Å². The fourth-order valence-electron chi connectivity index (χ4n) is 1.80. The Labute approximate surface area is 130 Å². The van der Waals surface area contributed by atoms with E-state index in [1.807, 2.05) is 41.9 Å². The van der Waals surface area contributed by atoms with E-state index in [4.69, 9.17) is 5.73 Å². The lowest BCUT2D eigenvalue weighted by molar-refractivity contribution is -0.121. The standard InChI is InChI=1S/C13H18N4O.2ClH/c1-10(14)8-13(18)15-6-5-11-9-17-7-3-2-4-12(17)16-11;;/h2-4,7,9-10H,5-6,8,14H2,1H3,(H,15,18);2*1H. The first-order valence-corrected chi connectivity index (χ1v) is 6.10. The van der Waals surface area contributed by atoms with Gasteiger partial charge in [0.2, 0.25) is 5.91 Å². The number of fused-ring (bicyclic) bond motifs is 1. The first-order chi connectivity index (χ1) is 8.65. The molecule has 1 atom stereocenters. The summed E-state index contributed by atoms with van der Waals surface area (Å²) >= 11 is 0. The molecule has 2 aromatic heterocycles. The number of nitrogens with zero attached hydrogens (tertiary/aromatic N) is 2. The van der Waals surface area contributed by atoms with E-state index in [2.05, 4.69) is 10.3 Å². The molecule has 0 bridgehead atoms. The first kappa shape index (κ1) is 18.7. The van der Waals surface area contributed by atoms with Crippen molar-refractivity contribution in [3.8, 4) is 0 Å². The average Bonchev–Trinajstić information content (AvgIpc) is 2.70. The molecule has 0 spiro atoms. The lowest BCUT2D eigenvalue weighted by Gasteiger charge is -2.05. The van der Waals surface area contributed by atoms with Crippen molar-refractivity contribution in [2.75, 3.05) is 6.54 Å². The molecule has 112 valence electrons. The van der Waals surface area contributed by atoms with Crippen LogP contribution in [0.2, 0.25) is 0 Å². The van der Waals surface area contributed by atoms with Gasteiger partial charge in [-0.3, -0.25) is 4.79 Å². The molecule has 5 nitrogen and oxygen atoms in total. The van der Waals surface area contributed by atoms with Gasteiger partial charge in [-0.25, -0.2) is 4.98 Å². The summed E-state index contributed by atoms with van der Waals surface area (Å²) < 4.78 is 1.97. The number of aromatic nitrogens is 2. The second kappa shape index (κ2) is 8.79. The lowest BCUT2D eigenvalue weighted by Crippen LogP contribution is -2.31. The molecule has 0 saturated carbocycles. The number of hydrogen-bond acceptors (Lipinski definition) is 3. The van der Waals surface area contributed by atoms with E-state index in [0.29, 0.717) is 13.0 Å². The van der Waals surface area contributed by atoms with Gasteiger partial charge in [0, 0.05) is 37.8 Å². The topological polar surface area (TPSA) is 72.4 Å². The van der Waals surface area contributed by atoms with Crippen LogP contribution in [-0.4, -0.2) is 27.9 Å². The Morgan fingerprint density at radius 2 is 2.20 bits per heavy atom. The summed E-state index contributed by atoms with van der Waals surface area (Å²) in [5.74, 6) is -0.00577. The van der Waals surface area contributed by atoms with Crippen molar-refractivity contribution in [1.82, 2.24) is 14.7 Å². The van der Waals surface area contributed by atoms with Crippen molar-refractivity contribution >= 4 is 36.4 Å². The molecule has 0 saturated heterocycles. The fourth-order valence-corrected chi connectivity index (χ4v) is 1.80. The molecule has 0 radical (unpaired) electrons. The van der Waals surface area contributed by atoms with Crippen LogP contribution in [-0.2, 0) is 11.2 Å². The van der Waals surface area contributed by atoms with Crippen molar-refractivity contribution in [3.05, 3.63) is 36.3 Å². The van der Waals surface area contributed by atoms with E-state index in [1.54, 1.807) is 0 Å². The average molecular weight is 319 g/mol. The smallest absolute Gasteiger partial charge is 0.221 e. The Bertz CT molecular complexity index is 509. The van der Waals surface area contributed by atoms with Gasteiger partial charge < -0.3 is 15.5 Å². The number of carbonyl (C=O) groups excluding carboxylic acids is 1. The van der Waals surface area contributed by atoms with Gasteiger partial charge in [0.25, 0.3) is 0 Å². The molecule has 7 heteroatoms. The minimum Gasteiger partial charge on any atom is -0.356 e. The van der Waals surface area contributed by atoms with Crippen LogP contribution in [0.4, 0.5) is 0 Å². The summed E-state index contributed by atoms with van der Waals surface area (Å²) in [6, 6.07) is 5.78. The summed E-state index contributed by atoms with van der Waals surface area (Å²) in [7, 11) is 0. The van der Waals surface area contributed by atoms with E-state index in [1.165, 1.54) is 0 Å². The molecule has 2 aromatic rings. The van der Waals surface area contributed by atoms with E-state index in [-0.39, 0.29) is 36.8 Å². The molecule has 3 N–H and O–H groups in total. The van der Waals surface area contributed by atoms with Crippen molar-refractivity contribution in [1.29, 1.82) is 0 Å². The van der Waals surface area contributed by atoms with E-state index in [9.17, 15) is 4.79 Å². The van der Waals surface area contributed by atoms with Crippen LogP contribution in [0.25, 0.3) is 5.65 Å². The van der Waals surface area contributed by atoms with Gasteiger partial charge in [-0.2, -0.15) is 0 Å². The van der Waals surface area contributed by atoms with Gasteiger partial charge in [0.05, 0.1) is 5.69 Å². The third-order valence-electron chi connectivity index (χ3n) is 2.62. The highest BCUT2D eigenvalue weighted by atomic mass is 35.5. The second-order valence-corrected chi connectivity index (χ2v) is 4.48. The molecule has 1 unspecified atom stereocenters. The van der Waals surface area contributed by atoms with E-state index in [0.717, 1.165) is 17.8 Å². The molecule has 0 aliphatic carbocycles. The maximum absolute atomic E-state index is 11.4. The molecule has 0 aromatic carbocycles. The highest BCUT2D eigenvalue weighted by molar-refractivity contribution is 5.85. The predicted molar refractivity (Wildman–Crippen MR) is 84.7 cm³/mol. The summed E-state index contributed by atoms with van der Waals surface area (Å²) in [6.45, 7) is 2.41. The van der Waals surface area contributed by atoms with Gasteiger partial charge >= 0.3 is 0 Å². The van der Waals surface area contributed by atoms with Crippen LogP contribution >= 0.6 is 24.8 Å². The molecular weight excluding hydrogens is 299 g/mol. The fraction of sp³-hybridized carbons (Fsp3) is 0.385. The number of rotatable bonds is 5. The highest BCUT2D eigenvalue weighted by Gasteiger charge is 2.05. The zero-order valence-electron chi connectivity index (χ0n) is 11.3. The molecular formula is C13H20Cl2N4O. The monoisotopic (exact) mass is 318 g/mol. The Hall–Kier alpha value is -1.30. The zero-order valence-corrected chi connectivity index (χ0v) is 12.9. The minimum atomic E-state index is -0.0970. The molecule has 0 fully saturated rings. The highest BCUT2D eigenvalue weighted by Crippen LogP contribution is 2.04. The van der Waals surface area contributed by atoms with Crippen LogP contribution in [0.3, 0.4) is 0 Å². The summed E-state index contributed by atoms with van der Waals surface area (Å²) in [5.41, 5.74) is 7.45. The Morgan fingerprint density at radius 3 is 2.85 bits per heavy atom. The van der Waals surface area contributed by atoms with Crippen molar-refractivity contribution < 1.29 is 4.79 Å². The van der Waals surface area contributed by atoms with Crippen LogP contribution in [0.1, 0.15) is 19.0 Å². The van der Waals surface area contributed by atoms with Crippen LogP contribution < -0.4 is 11.1 Å². The third kappa shape index (κ3) is 5.36. The van der Waals surface area contributed by atoms with Crippen molar-refractivity contribution in [2.24, 2.45) is 5.73 Å². The van der Waals surface area contributed by atoms with Gasteiger partial charge in [0.15, 0.2) is 0 Å². The van der Waals surface area contributed by atoms with E-state index >= 15 is 0 Å². The Balaban J connectivity index is 0.00000180. The number of imidazole rings is 1. The van der Waals surface area contributed by atoms with Crippen molar-refractivity contribution in [3.63, 3.8) is 0 Å². The largest absolute Gasteiger partial charge is 0.356 e. The quantitative estimate of drug-likeness (QED) is 0.879. The summed E-state index contributed by atoms with van der Waals surface area (Å²) in [4.78, 5) is 15.9. The number of halogens is 2. The lowest BCUT2D eigenvalue weighted by atomic mass is 10.2. The molecule has 1 amide bonds. The minimum absolute atomic E-state index is 0. The molecule has 2 heterocycles. The zero-order chi connectivity index (χ0) is 13.0. The molecule has 20 heavy (non-hydrogen) atoms. The molecule has 0 aliphatic heterocycles. The SMILES string of the molecule is CC(N)CC(=O)NCCc1cn2ccccc2n1.Cl.Cl. The molecule has 2 rings (SSSR count). The molecule has 0 aliphatic rings. The third-order valence-corrected chi connectivity index (χ3v) is 2.62. The van der Waals surface area contributed by atoms with Gasteiger partial charge in [0.1, 0.15) is 5.65 Å². The number of carbonyl (C=O) groups is 1. The van der Waals surface area contributed by atoms with Gasteiger partial charge in [-0.05, 0) is 19.1 Å². The van der Waals surface area contributed by atoms with E-state index < -0.39 is 0 Å². The number of amides is 1. The second-order valence-electron chi connectivity index (χ2n) is 4.48. The Kier molecular flexibility index (Phi) is 8.22. The summed E-state index contributed by atoms with van der Waals surface area (Å²) in [5, 5.41) is 2.84. The van der Waals surface area contributed by atoms with Gasteiger partial charge in [-0.1, -0.05) is 6.07 Å². The van der Waals surface area contributed by atoms with Gasteiger partial charge in [-0.15, -0.1) is 24.8 Å². The number of pyridine rings is 1. The number of nitrogens with two attached hydrogens (primary N) is 1. The number of nitrogens with one attached hydrogen (secondary N) is 1. The van der Waals surface area contributed by atoms with Crippen LogP contribution in [0, 0.1) is 0 Å². The predicted octanol–water partition coefficient (Wildman–Crippen LogP) is 1.57. The maximum Gasteiger partial charge on any atom is 0.221 e. The van der Waals surface area contributed by atoms with Crippen molar-refractivity contribution in [2.45, 2.75) is 25.8 Å². The normalized spacial score (nSPS) is 11.3. The Morgan fingerprint density at radius 1 is 1.45 bits per heavy atom. The summed E-state index contributed by atoms with van der Waals surface area (Å²) in [6.07, 6.45) is 5.03.